The number of ether oxygens (including phenoxy) is 2. The Kier molecular flexibility index (Phi) is 5.03. The molecule has 1 heterocycles. The number of methoxy groups -OCH3 is 1. The van der Waals surface area contributed by atoms with E-state index in [0.717, 1.165) is 6.42 Å². The van der Waals surface area contributed by atoms with Gasteiger partial charge in [-0.25, -0.2) is 0 Å². The van der Waals surface area contributed by atoms with Crippen molar-refractivity contribution in [2.75, 3.05) is 33.4 Å². The highest BCUT2D eigenvalue weighted by Gasteiger charge is 2.31. The first-order valence-electron chi connectivity index (χ1n) is 5.64. The first-order chi connectivity index (χ1) is 8.11. The van der Waals surface area contributed by atoms with E-state index in [9.17, 15) is 9.90 Å². The van der Waals surface area contributed by atoms with E-state index in [2.05, 4.69) is 6.58 Å². The van der Waals surface area contributed by atoms with Gasteiger partial charge in [0, 0.05) is 20.3 Å². The zero-order valence-electron chi connectivity index (χ0n) is 10.4. The van der Waals surface area contributed by atoms with Crippen LogP contribution in [0.25, 0.3) is 0 Å². The van der Waals surface area contributed by atoms with E-state index in [4.69, 9.17) is 9.47 Å². The van der Waals surface area contributed by atoms with Gasteiger partial charge in [0.2, 0.25) is 0 Å². The molecule has 0 unspecified atom stereocenters. The Morgan fingerprint density at radius 2 is 2.29 bits per heavy atom. The van der Waals surface area contributed by atoms with E-state index < -0.39 is 0 Å². The molecule has 0 radical (unpaired) electrons. The Morgan fingerprint density at radius 3 is 2.88 bits per heavy atom. The quantitative estimate of drug-likeness (QED) is 0.538. The predicted molar refractivity (Wildman–Crippen MR) is 63.5 cm³/mol. The lowest BCUT2D eigenvalue weighted by atomic mass is 10.2. The van der Waals surface area contributed by atoms with Crippen LogP contribution in [0, 0.1) is 0 Å². The highest BCUT2D eigenvalue weighted by Crippen LogP contribution is 2.23. The standard InChI is InChI=1S/C12H19NO4/c1-4-17-9(2)10-8-13(6-5-7-16-3)12(15)11(10)14/h14H,2,4-8H2,1,3H3. The van der Waals surface area contributed by atoms with Gasteiger partial charge >= 0.3 is 0 Å². The van der Waals surface area contributed by atoms with E-state index in [1.807, 2.05) is 6.92 Å². The summed E-state index contributed by atoms with van der Waals surface area (Å²) >= 11 is 0. The summed E-state index contributed by atoms with van der Waals surface area (Å²) in [7, 11) is 1.61. The lowest BCUT2D eigenvalue weighted by Gasteiger charge is -2.16. The molecule has 1 aliphatic rings. The van der Waals surface area contributed by atoms with Gasteiger partial charge in [0.1, 0.15) is 5.76 Å². The fourth-order valence-electron chi connectivity index (χ4n) is 1.68. The number of aliphatic hydroxyl groups is 1. The SMILES string of the molecule is C=C(OCC)C1=C(O)C(=O)N(CCCOC)C1. The Balaban J connectivity index is 2.58. The summed E-state index contributed by atoms with van der Waals surface area (Å²) in [6.45, 7) is 7.49. The Morgan fingerprint density at radius 1 is 1.59 bits per heavy atom. The maximum Gasteiger partial charge on any atom is 0.289 e. The molecule has 0 saturated heterocycles. The second kappa shape index (κ2) is 6.30. The molecule has 17 heavy (non-hydrogen) atoms. The minimum absolute atomic E-state index is 0.249. The van der Waals surface area contributed by atoms with E-state index in [1.165, 1.54) is 0 Å². The van der Waals surface area contributed by atoms with Gasteiger partial charge in [-0.1, -0.05) is 6.58 Å². The normalized spacial score (nSPS) is 15.6. The van der Waals surface area contributed by atoms with E-state index in [1.54, 1.807) is 12.0 Å². The number of hydrogen-bond donors (Lipinski definition) is 1. The van der Waals surface area contributed by atoms with Gasteiger partial charge in [0.15, 0.2) is 5.76 Å². The van der Waals surface area contributed by atoms with Crippen LogP contribution in [0.3, 0.4) is 0 Å². The van der Waals surface area contributed by atoms with Gasteiger partial charge in [0.25, 0.3) is 5.91 Å². The van der Waals surface area contributed by atoms with Crippen LogP contribution in [-0.2, 0) is 14.3 Å². The number of carbonyl (C=O) groups excluding carboxylic acids is 1. The third kappa shape index (κ3) is 3.23. The molecular formula is C12H19NO4. The van der Waals surface area contributed by atoms with Gasteiger partial charge in [-0.05, 0) is 13.3 Å². The monoisotopic (exact) mass is 241 g/mol. The molecule has 1 aliphatic heterocycles. The molecule has 1 amide bonds. The highest BCUT2D eigenvalue weighted by molar-refractivity contribution is 5.95. The molecule has 0 fully saturated rings. The van der Waals surface area contributed by atoms with Crippen molar-refractivity contribution in [3.63, 3.8) is 0 Å². The molecule has 0 aromatic rings. The lowest BCUT2D eigenvalue weighted by molar-refractivity contribution is -0.128. The van der Waals surface area contributed by atoms with Crippen LogP contribution in [0.4, 0.5) is 0 Å². The summed E-state index contributed by atoms with van der Waals surface area (Å²) < 4.78 is 10.1. The fraction of sp³-hybridized carbons (Fsp3) is 0.583. The van der Waals surface area contributed by atoms with Crippen LogP contribution in [-0.4, -0.2) is 49.3 Å². The van der Waals surface area contributed by atoms with Gasteiger partial charge in [-0.15, -0.1) is 0 Å². The molecule has 0 atom stereocenters. The lowest BCUT2D eigenvalue weighted by Crippen LogP contribution is -2.29. The first kappa shape index (κ1) is 13.6. The van der Waals surface area contributed by atoms with E-state index >= 15 is 0 Å². The van der Waals surface area contributed by atoms with Crippen molar-refractivity contribution in [3.8, 4) is 0 Å². The predicted octanol–water partition coefficient (Wildman–Crippen LogP) is 1.23. The molecule has 1 rings (SSSR count). The van der Waals surface area contributed by atoms with Crippen LogP contribution >= 0.6 is 0 Å². The highest BCUT2D eigenvalue weighted by atomic mass is 16.5. The average Bonchev–Trinajstić information content (AvgIpc) is 2.58. The summed E-state index contributed by atoms with van der Waals surface area (Å²) in [6, 6.07) is 0. The molecule has 1 N–H and O–H groups in total. The van der Waals surface area contributed by atoms with E-state index in [0.29, 0.717) is 37.6 Å². The zero-order valence-corrected chi connectivity index (χ0v) is 10.4. The molecule has 0 spiro atoms. The molecule has 0 aliphatic carbocycles. The maximum atomic E-state index is 11.7. The maximum absolute atomic E-state index is 11.7. The summed E-state index contributed by atoms with van der Waals surface area (Å²) in [5.41, 5.74) is 0.481. The van der Waals surface area contributed by atoms with Crippen molar-refractivity contribution < 1.29 is 19.4 Å². The van der Waals surface area contributed by atoms with Crippen LogP contribution in [0.5, 0.6) is 0 Å². The molecule has 0 aromatic carbocycles. The second-order valence-corrected chi connectivity index (χ2v) is 3.76. The number of nitrogens with zero attached hydrogens (tertiary/aromatic N) is 1. The summed E-state index contributed by atoms with van der Waals surface area (Å²) in [6.07, 6.45) is 0.740. The Hall–Kier alpha value is -1.49. The number of hydrogen-bond acceptors (Lipinski definition) is 4. The van der Waals surface area contributed by atoms with Gasteiger partial charge in [0.05, 0.1) is 18.7 Å². The number of aliphatic hydroxyl groups excluding tert-OH is 1. The van der Waals surface area contributed by atoms with Crippen molar-refractivity contribution in [1.29, 1.82) is 0 Å². The molecule has 0 saturated carbocycles. The minimum atomic E-state index is -0.364. The number of amides is 1. The van der Waals surface area contributed by atoms with Gasteiger partial charge < -0.3 is 19.5 Å². The second-order valence-electron chi connectivity index (χ2n) is 3.76. The average molecular weight is 241 g/mol. The third-order valence-corrected chi connectivity index (χ3v) is 2.56. The summed E-state index contributed by atoms with van der Waals surface area (Å²) in [5.74, 6) is -0.245. The minimum Gasteiger partial charge on any atom is -0.503 e. The molecule has 5 nitrogen and oxygen atoms in total. The van der Waals surface area contributed by atoms with Crippen molar-refractivity contribution in [1.82, 2.24) is 4.90 Å². The van der Waals surface area contributed by atoms with Crippen LogP contribution in [0.1, 0.15) is 13.3 Å². The topological polar surface area (TPSA) is 59.0 Å². The molecular weight excluding hydrogens is 222 g/mol. The van der Waals surface area contributed by atoms with Gasteiger partial charge in [-0.3, -0.25) is 4.79 Å². The molecule has 96 valence electrons. The largest absolute Gasteiger partial charge is 0.503 e. The summed E-state index contributed by atoms with van der Waals surface area (Å²) in [4.78, 5) is 13.3. The van der Waals surface area contributed by atoms with Crippen molar-refractivity contribution in [2.24, 2.45) is 0 Å². The smallest absolute Gasteiger partial charge is 0.289 e. The van der Waals surface area contributed by atoms with Crippen molar-refractivity contribution in [2.45, 2.75) is 13.3 Å². The van der Waals surface area contributed by atoms with Crippen molar-refractivity contribution >= 4 is 5.91 Å². The molecule has 0 aromatic heterocycles. The van der Waals surface area contributed by atoms with Crippen LogP contribution < -0.4 is 0 Å². The fourth-order valence-corrected chi connectivity index (χ4v) is 1.68. The van der Waals surface area contributed by atoms with Gasteiger partial charge in [-0.2, -0.15) is 0 Å². The number of rotatable bonds is 7. The first-order valence-corrected chi connectivity index (χ1v) is 5.64. The Bertz CT molecular complexity index is 335. The zero-order chi connectivity index (χ0) is 12.8. The van der Waals surface area contributed by atoms with Crippen LogP contribution in [0.2, 0.25) is 0 Å². The molecule has 5 heteroatoms. The Labute approximate surface area is 101 Å². The third-order valence-electron chi connectivity index (χ3n) is 2.56. The number of carbonyl (C=O) groups is 1. The van der Waals surface area contributed by atoms with Crippen molar-refractivity contribution in [3.05, 3.63) is 23.7 Å². The van der Waals surface area contributed by atoms with Crippen LogP contribution in [0.15, 0.2) is 23.7 Å². The molecule has 0 bridgehead atoms. The van der Waals surface area contributed by atoms with E-state index in [-0.39, 0.29) is 11.7 Å². The summed E-state index contributed by atoms with van der Waals surface area (Å²) in [5, 5.41) is 9.70.